The molecule has 1 amide bonds. The number of amides is 1. The normalized spacial score (nSPS) is 15.8. The highest BCUT2D eigenvalue weighted by Crippen LogP contribution is 2.41. The summed E-state index contributed by atoms with van der Waals surface area (Å²) >= 11 is 18.2. The number of carbonyl (C=O) groups excluding carboxylic acids is 2. The van der Waals surface area contributed by atoms with Gasteiger partial charge in [-0.15, -0.1) is 0 Å². The zero-order valence-electron chi connectivity index (χ0n) is 13.9. The fourth-order valence-corrected chi connectivity index (χ4v) is 4.59. The number of H-pyrrole nitrogens is 1. The third kappa shape index (κ3) is 3.20. The van der Waals surface area contributed by atoms with E-state index in [9.17, 15) is 14.7 Å². The quantitative estimate of drug-likeness (QED) is 0.322. The van der Waals surface area contributed by atoms with Gasteiger partial charge in [0.1, 0.15) is 0 Å². The number of phenols is 1. The van der Waals surface area contributed by atoms with Crippen molar-refractivity contribution in [1.82, 2.24) is 4.98 Å². The third-order valence-corrected chi connectivity index (χ3v) is 6.05. The smallest absolute Gasteiger partial charge is 0.270 e. The van der Waals surface area contributed by atoms with Crippen molar-refractivity contribution in [2.24, 2.45) is 0 Å². The van der Waals surface area contributed by atoms with Gasteiger partial charge in [0, 0.05) is 28.7 Å². The maximum Gasteiger partial charge on any atom is 0.270 e. The molecule has 1 fully saturated rings. The van der Waals surface area contributed by atoms with Gasteiger partial charge in [0.05, 0.1) is 20.6 Å². The first-order chi connectivity index (χ1) is 13.4. The molecule has 1 aliphatic rings. The predicted molar refractivity (Wildman–Crippen MR) is 117 cm³/mol. The van der Waals surface area contributed by atoms with Crippen molar-refractivity contribution in [3.63, 3.8) is 0 Å². The van der Waals surface area contributed by atoms with Crippen molar-refractivity contribution in [2.45, 2.75) is 0 Å². The van der Waals surface area contributed by atoms with Crippen LogP contribution in [0.2, 0.25) is 10.0 Å². The Hall–Kier alpha value is -2.32. The topological polar surface area (TPSA) is 73.4 Å². The summed E-state index contributed by atoms with van der Waals surface area (Å²) in [5.74, 6) is -1.04. The second-order valence-electron chi connectivity index (χ2n) is 5.89. The molecule has 0 unspecified atom stereocenters. The number of aromatic hydroxyl groups is 1. The summed E-state index contributed by atoms with van der Waals surface area (Å²) in [4.78, 5) is 30.0. The van der Waals surface area contributed by atoms with E-state index in [4.69, 9.17) is 35.4 Å². The molecule has 0 aliphatic carbocycles. The number of nitrogens with zero attached hydrogens (tertiary/aromatic N) is 1. The van der Waals surface area contributed by atoms with Crippen molar-refractivity contribution < 1.29 is 14.7 Å². The van der Waals surface area contributed by atoms with E-state index in [2.05, 4.69) is 4.98 Å². The number of aromatic amines is 1. The first-order valence-corrected chi connectivity index (χ1v) is 9.91. The van der Waals surface area contributed by atoms with Crippen LogP contribution in [0, 0.1) is 0 Å². The lowest BCUT2D eigenvalue weighted by Gasteiger charge is -2.15. The number of ketones is 1. The molecule has 1 aliphatic heterocycles. The molecule has 140 valence electrons. The summed E-state index contributed by atoms with van der Waals surface area (Å²) in [5, 5.41) is 10.5. The number of thiocarbonyl (C=S) groups is 1. The van der Waals surface area contributed by atoms with Crippen LogP contribution in [-0.4, -0.2) is 26.1 Å². The monoisotopic (exact) mass is 448 g/mol. The summed E-state index contributed by atoms with van der Waals surface area (Å²) < 4.78 is 0.237. The molecule has 1 aromatic heterocycles. The maximum atomic E-state index is 12.8. The van der Waals surface area contributed by atoms with Crippen LogP contribution >= 0.6 is 47.2 Å². The molecule has 28 heavy (non-hydrogen) atoms. The molecule has 2 aromatic carbocycles. The molecule has 3 aromatic rings. The molecule has 0 saturated carbocycles. The maximum absolute atomic E-state index is 12.8. The van der Waals surface area contributed by atoms with E-state index >= 15 is 0 Å². The van der Waals surface area contributed by atoms with Crippen LogP contribution in [0.25, 0.3) is 10.9 Å². The molecular formula is C19H10Cl2N2O3S2. The first-order valence-electron chi connectivity index (χ1n) is 7.93. The van der Waals surface area contributed by atoms with Gasteiger partial charge in [-0.3, -0.25) is 14.5 Å². The number of hydrogen-bond acceptors (Lipinski definition) is 5. The molecule has 0 radical (unpaired) electrons. The minimum absolute atomic E-state index is 0.00426. The van der Waals surface area contributed by atoms with Crippen LogP contribution in [-0.2, 0) is 4.79 Å². The second-order valence-corrected chi connectivity index (χ2v) is 8.38. The van der Waals surface area contributed by atoms with Crippen LogP contribution in [0.3, 0.4) is 0 Å². The van der Waals surface area contributed by atoms with Crippen LogP contribution in [0.4, 0.5) is 5.69 Å². The van der Waals surface area contributed by atoms with Gasteiger partial charge in [-0.1, -0.05) is 65.4 Å². The number of benzene rings is 2. The fourth-order valence-electron chi connectivity index (χ4n) is 2.84. The standard InChI is InChI=1S/C19H10Cl2N2O3S2/c20-12-5-9(6-13(21)17(12)25)23-18(26)16(28-19(23)27)7-15(24)11-8-22-14-4-2-1-3-10(11)14/h1-8,22,25H/b16-7+. The average molecular weight is 449 g/mol. The largest absolute Gasteiger partial charge is 0.505 e. The van der Waals surface area contributed by atoms with E-state index in [-0.39, 0.29) is 30.8 Å². The molecule has 1 saturated heterocycles. The molecule has 0 spiro atoms. The van der Waals surface area contributed by atoms with Gasteiger partial charge in [-0.2, -0.15) is 0 Å². The van der Waals surface area contributed by atoms with Gasteiger partial charge in [0.25, 0.3) is 5.91 Å². The Morgan fingerprint density at radius 1 is 1.21 bits per heavy atom. The fraction of sp³-hybridized carbons (Fsp3) is 0. The van der Waals surface area contributed by atoms with Crippen molar-refractivity contribution >= 4 is 79.8 Å². The highest BCUT2D eigenvalue weighted by Gasteiger charge is 2.34. The Bertz CT molecular complexity index is 1180. The lowest BCUT2D eigenvalue weighted by Crippen LogP contribution is -2.27. The SMILES string of the molecule is O=C(/C=C1/SC(=S)N(c2cc(Cl)c(O)c(Cl)c2)C1=O)c1c[nH]c2ccccc12. The summed E-state index contributed by atoms with van der Waals surface area (Å²) in [7, 11) is 0. The number of thioether (sulfide) groups is 1. The molecule has 9 heteroatoms. The number of phenolic OH excluding ortho intramolecular Hbond substituents is 1. The molecule has 0 bridgehead atoms. The van der Waals surface area contributed by atoms with E-state index in [0.29, 0.717) is 11.3 Å². The number of para-hydroxylation sites is 1. The number of fused-ring (bicyclic) bond motifs is 1. The lowest BCUT2D eigenvalue weighted by molar-refractivity contribution is -0.113. The number of allylic oxidation sites excluding steroid dienone is 1. The number of rotatable bonds is 3. The lowest BCUT2D eigenvalue weighted by atomic mass is 10.1. The summed E-state index contributed by atoms with van der Waals surface area (Å²) in [6.07, 6.45) is 2.89. The van der Waals surface area contributed by atoms with Gasteiger partial charge < -0.3 is 10.1 Å². The second kappa shape index (κ2) is 7.25. The van der Waals surface area contributed by atoms with Crippen LogP contribution < -0.4 is 4.90 Å². The van der Waals surface area contributed by atoms with E-state index in [1.165, 1.54) is 23.1 Å². The van der Waals surface area contributed by atoms with E-state index in [0.717, 1.165) is 22.7 Å². The Labute approximate surface area is 178 Å². The number of nitrogens with one attached hydrogen (secondary N) is 1. The Balaban J connectivity index is 1.68. The molecule has 0 atom stereocenters. The minimum Gasteiger partial charge on any atom is -0.505 e. The van der Waals surface area contributed by atoms with E-state index in [1.807, 2.05) is 24.3 Å². The summed E-state index contributed by atoms with van der Waals surface area (Å²) in [5.41, 5.74) is 1.62. The van der Waals surface area contributed by atoms with Crippen LogP contribution in [0.15, 0.2) is 53.6 Å². The highest BCUT2D eigenvalue weighted by molar-refractivity contribution is 8.27. The average Bonchev–Trinajstić information content (AvgIpc) is 3.20. The van der Waals surface area contributed by atoms with E-state index in [1.54, 1.807) is 6.20 Å². The first kappa shape index (κ1) is 19.0. The van der Waals surface area contributed by atoms with Gasteiger partial charge in [-0.05, 0) is 18.2 Å². The number of anilines is 1. The molecule has 4 rings (SSSR count). The molecule has 2 N–H and O–H groups in total. The van der Waals surface area contributed by atoms with Crippen molar-refractivity contribution in [3.05, 3.63) is 69.2 Å². The van der Waals surface area contributed by atoms with Gasteiger partial charge in [-0.25, -0.2) is 0 Å². The zero-order valence-corrected chi connectivity index (χ0v) is 17.0. The molecule has 2 heterocycles. The highest BCUT2D eigenvalue weighted by atomic mass is 35.5. The molecule has 5 nitrogen and oxygen atoms in total. The van der Waals surface area contributed by atoms with Gasteiger partial charge in [0.2, 0.25) is 0 Å². The zero-order chi connectivity index (χ0) is 20.0. The van der Waals surface area contributed by atoms with Crippen molar-refractivity contribution in [1.29, 1.82) is 0 Å². The van der Waals surface area contributed by atoms with Gasteiger partial charge >= 0.3 is 0 Å². The van der Waals surface area contributed by atoms with Crippen molar-refractivity contribution in [2.75, 3.05) is 4.90 Å². The van der Waals surface area contributed by atoms with E-state index < -0.39 is 5.91 Å². The summed E-state index contributed by atoms with van der Waals surface area (Å²) in [6, 6.07) is 10.2. The number of halogens is 2. The Morgan fingerprint density at radius 2 is 1.89 bits per heavy atom. The Morgan fingerprint density at radius 3 is 2.61 bits per heavy atom. The van der Waals surface area contributed by atoms with Crippen LogP contribution in [0.1, 0.15) is 10.4 Å². The molecular weight excluding hydrogens is 439 g/mol. The van der Waals surface area contributed by atoms with Crippen molar-refractivity contribution in [3.8, 4) is 5.75 Å². The number of carbonyl (C=O) groups is 2. The van der Waals surface area contributed by atoms with Crippen LogP contribution in [0.5, 0.6) is 5.75 Å². The number of hydrogen-bond donors (Lipinski definition) is 2. The number of aromatic nitrogens is 1. The van der Waals surface area contributed by atoms with Gasteiger partial charge in [0.15, 0.2) is 15.9 Å². The third-order valence-electron chi connectivity index (χ3n) is 4.17. The summed E-state index contributed by atoms with van der Waals surface area (Å²) in [6.45, 7) is 0. The predicted octanol–water partition coefficient (Wildman–Crippen LogP) is 5.31. The Kier molecular flexibility index (Phi) is 4.93. The minimum atomic E-state index is -0.457.